The van der Waals surface area contributed by atoms with Gasteiger partial charge < -0.3 is 5.32 Å². The van der Waals surface area contributed by atoms with E-state index in [0.717, 1.165) is 18.5 Å². The van der Waals surface area contributed by atoms with Gasteiger partial charge in [0.05, 0.1) is 0 Å². The number of nitrogens with one attached hydrogen (secondary N) is 2. The maximum absolute atomic E-state index is 12.2. The standard InChI is InChI=1S/C13H20N2O2S2/c1-13(2)6-11(13)15-19(16,17)12-5-9(8-18-12)7-14-10-3-4-10/h5,8,10-11,14-15H,3-4,6-7H2,1-2H3. The van der Waals surface area contributed by atoms with Crippen molar-refractivity contribution in [2.24, 2.45) is 5.41 Å². The predicted octanol–water partition coefficient (Wildman–Crippen LogP) is 2.08. The zero-order chi connectivity index (χ0) is 13.7. The van der Waals surface area contributed by atoms with E-state index in [1.807, 2.05) is 5.38 Å². The third-order valence-corrected chi connectivity index (χ3v) is 6.84. The SMILES string of the molecule is CC1(C)CC1NS(=O)(=O)c1cc(CNC2CC2)cs1. The second-order valence-corrected chi connectivity index (χ2v) is 9.15. The molecule has 0 radical (unpaired) electrons. The third-order valence-electron chi connectivity index (χ3n) is 3.88. The summed E-state index contributed by atoms with van der Waals surface area (Å²) in [6, 6.07) is 2.52. The summed E-state index contributed by atoms with van der Waals surface area (Å²) in [7, 11) is -3.33. The maximum Gasteiger partial charge on any atom is 0.250 e. The zero-order valence-corrected chi connectivity index (χ0v) is 12.9. The van der Waals surface area contributed by atoms with E-state index in [-0.39, 0.29) is 11.5 Å². The summed E-state index contributed by atoms with van der Waals surface area (Å²) < 4.78 is 27.6. The molecule has 2 saturated carbocycles. The largest absolute Gasteiger partial charge is 0.310 e. The molecule has 1 unspecified atom stereocenters. The number of thiophene rings is 1. The van der Waals surface area contributed by atoms with Gasteiger partial charge in [-0.1, -0.05) is 13.8 Å². The van der Waals surface area contributed by atoms with Crippen LogP contribution in [0, 0.1) is 5.41 Å². The number of sulfonamides is 1. The van der Waals surface area contributed by atoms with Gasteiger partial charge in [0.15, 0.2) is 0 Å². The van der Waals surface area contributed by atoms with E-state index >= 15 is 0 Å². The van der Waals surface area contributed by atoms with Gasteiger partial charge >= 0.3 is 0 Å². The Morgan fingerprint density at radius 1 is 1.42 bits per heavy atom. The highest BCUT2D eigenvalue weighted by Crippen LogP contribution is 2.45. The summed E-state index contributed by atoms with van der Waals surface area (Å²) in [6.45, 7) is 4.94. The molecule has 4 nitrogen and oxygen atoms in total. The van der Waals surface area contributed by atoms with Crippen LogP contribution in [0.5, 0.6) is 0 Å². The first-order valence-corrected chi connectivity index (χ1v) is 9.06. The molecule has 1 heterocycles. The van der Waals surface area contributed by atoms with Gasteiger partial charge in [-0.25, -0.2) is 13.1 Å². The molecule has 2 fully saturated rings. The first-order valence-electron chi connectivity index (χ1n) is 6.70. The van der Waals surface area contributed by atoms with Crippen molar-refractivity contribution in [1.82, 2.24) is 10.0 Å². The predicted molar refractivity (Wildman–Crippen MR) is 76.7 cm³/mol. The normalized spacial score (nSPS) is 25.5. The molecule has 2 N–H and O–H groups in total. The minimum atomic E-state index is -3.33. The fourth-order valence-corrected chi connectivity index (χ4v) is 4.68. The lowest BCUT2D eigenvalue weighted by atomic mass is 10.2. The van der Waals surface area contributed by atoms with Gasteiger partial charge in [-0.3, -0.25) is 0 Å². The Morgan fingerprint density at radius 2 is 2.11 bits per heavy atom. The Morgan fingerprint density at radius 3 is 2.68 bits per heavy atom. The smallest absolute Gasteiger partial charge is 0.250 e. The monoisotopic (exact) mass is 300 g/mol. The zero-order valence-electron chi connectivity index (χ0n) is 11.3. The Labute approximate surface area is 118 Å². The van der Waals surface area contributed by atoms with Gasteiger partial charge in [0.25, 0.3) is 0 Å². The molecular formula is C13H20N2O2S2. The van der Waals surface area contributed by atoms with E-state index < -0.39 is 10.0 Å². The van der Waals surface area contributed by atoms with E-state index in [9.17, 15) is 8.42 Å². The van der Waals surface area contributed by atoms with Crippen molar-refractivity contribution < 1.29 is 8.42 Å². The molecule has 0 aromatic carbocycles. The number of hydrogen-bond acceptors (Lipinski definition) is 4. The summed E-state index contributed by atoms with van der Waals surface area (Å²) in [4.78, 5) is 0. The van der Waals surface area contributed by atoms with Gasteiger partial charge in [-0.05, 0) is 41.7 Å². The van der Waals surface area contributed by atoms with Crippen molar-refractivity contribution in [3.05, 3.63) is 17.0 Å². The lowest BCUT2D eigenvalue weighted by Crippen LogP contribution is -2.27. The van der Waals surface area contributed by atoms with Crippen molar-refractivity contribution in [3.8, 4) is 0 Å². The summed E-state index contributed by atoms with van der Waals surface area (Å²) in [5, 5.41) is 5.33. The molecule has 6 heteroatoms. The van der Waals surface area contributed by atoms with E-state index in [2.05, 4.69) is 23.9 Å². The Bertz CT molecular complexity index is 573. The second kappa shape index (κ2) is 4.55. The molecule has 0 bridgehead atoms. The van der Waals surface area contributed by atoms with Crippen LogP contribution in [0.1, 0.15) is 38.7 Å². The van der Waals surface area contributed by atoms with Gasteiger partial charge in [-0.15, -0.1) is 11.3 Å². The fourth-order valence-electron chi connectivity index (χ4n) is 2.05. The maximum atomic E-state index is 12.2. The first-order chi connectivity index (χ1) is 8.87. The van der Waals surface area contributed by atoms with E-state index in [0.29, 0.717) is 10.3 Å². The lowest BCUT2D eigenvalue weighted by Gasteiger charge is -2.06. The van der Waals surface area contributed by atoms with Gasteiger partial charge in [0.1, 0.15) is 4.21 Å². The van der Waals surface area contributed by atoms with Crippen molar-refractivity contribution in [2.75, 3.05) is 0 Å². The molecule has 0 amide bonds. The molecule has 0 aliphatic heterocycles. The molecule has 0 spiro atoms. The number of hydrogen-bond donors (Lipinski definition) is 2. The highest BCUT2D eigenvalue weighted by Gasteiger charge is 2.48. The summed E-state index contributed by atoms with van der Waals surface area (Å²) in [6.07, 6.45) is 3.41. The first kappa shape index (κ1) is 13.5. The molecule has 2 aliphatic carbocycles. The summed E-state index contributed by atoms with van der Waals surface area (Å²) in [5.41, 5.74) is 1.17. The summed E-state index contributed by atoms with van der Waals surface area (Å²) >= 11 is 1.31. The van der Waals surface area contributed by atoms with Crippen LogP contribution in [-0.4, -0.2) is 20.5 Å². The molecule has 0 saturated heterocycles. The molecule has 1 aromatic rings. The second-order valence-electron chi connectivity index (χ2n) is 6.30. The van der Waals surface area contributed by atoms with Crippen LogP contribution >= 0.6 is 11.3 Å². The number of rotatable bonds is 6. The van der Waals surface area contributed by atoms with Crippen molar-refractivity contribution in [2.45, 2.75) is 55.9 Å². The van der Waals surface area contributed by atoms with Crippen LogP contribution in [-0.2, 0) is 16.6 Å². The minimum absolute atomic E-state index is 0.0904. The van der Waals surface area contributed by atoms with Gasteiger partial charge in [0.2, 0.25) is 10.0 Å². The van der Waals surface area contributed by atoms with Gasteiger partial charge in [-0.2, -0.15) is 0 Å². The molecule has 2 aliphatic rings. The van der Waals surface area contributed by atoms with Crippen LogP contribution in [0.3, 0.4) is 0 Å². The summed E-state index contributed by atoms with van der Waals surface area (Å²) in [5.74, 6) is 0. The highest BCUT2D eigenvalue weighted by atomic mass is 32.2. The quantitative estimate of drug-likeness (QED) is 0.845. The van der Waals surface area contributed by atoms with Crippen molar-refractivity contribution in [3.63, 3.8) is 0 Å². The van der Waals surface area contributed by atoms with Crippen LogP contribution in [0.25, 0.3) is 0 Å². The van der Waals surface area contributed by atoms with Crippen LogP contribution in [0.2, 0.25) is 0 Å². The van der Waals surface area contributed by atoms with Crippen LogP contribution in [0.4, 0.5) is 0 Å². The molecule has 1 aromatic heterocycles. The van der Waals surface area contributed by atoms with E-state index in [4.69, 9.17) is 0 Å². The fraction of sp³-hybridized carbons (Fsp3) is 0.692. The average Bonchev–Trinajstić information content (AvgIpc) is 3.16. The molecule has 1 atom stereocenters. The molecule has 3 rings (SSSR count). The van der Waals surface area contributed by atoms with Crippen LogP contribution in [0.15, 0.2) is 15.7 Å². The molecule has 106 valence electrons. The minimum Gasteiger partial charge on any atom is -0.310 e. The lowest BCUT2D eigenvalue weighted by molar-refractivity contribution is 0.556. The topological polar surface area (TPSA) is 58.2 Å². The highest BCUT2D eigenvalue weighted by molar-refractivity contribution is 7.91. The third kappa shape index (κ3) is 3.18. The Hall–Kier alpha value is -0.430. The van der Waals surface area contributed by atoms with E-state index in [1.165, 1.54) is 24.2 Å². The molecular weight excluding hydrogens is 280 g/mol. The van der Waals surface area contributed by atoms with Gasteiger partial charge in [0, 0.05) is 18.6 Å². The van der Waals surface area contributed by atoms with E-state index in [1.54, 1.807) is 6.07 Å². The van der Waals surface area contributed by atoms with Crippen molar-refractivity contribution >= 4 is 21.4 Å². The average molecular weight is 300 g/mol. The molecule has 19 heavy (non-hydrogen) atoms. The Kier molecular flexibility index (Phi) is 3.24. The van der Waals surface area contributed by atoms with Crippen molar-refractivity contribution in [1.29, 1.82) is 0 Å². The van der Waals surface area contributed by atoms with Crippen LogP contribution < -0.4 is 10.0 Å². The Balaban J connectivity index is 1.63.